The lowest BCUT2D eigenvalue weighted by Crippen LogP contribution is -2.48. The molecule has 1 aromatic heterocycles. The number of piperazine rings is 1. The maximum absolute atomic E-state index is 13.2. The summed E-state index contributed by atoms with van der Waals surface area (Å²) < 4.78 is 55.2. The summed E-state index contributed by atoms with van der Waals surface area (Å²) in [6.07, 6.45) is -0.540. The number of halogens is 3. The zero-order valence-electron chi connectivity index (χ0n) is 27.9. The molecule has 0 radical (unpaired) electrons. The molecule has 0 saturated carbocycles. The first-order valence-electron chi connectivity index (χ1n) is 17.0. The molecule has 7 rings (SSSR count). The number of nitrogens with zero attached hydrogens (tertiary/aromatic N) is 4. The SMILES string of the molecule is O=C(Nc1ccc(Oc2ccc(N3CCC(CC(=O)N4CCN(Cc5ccc6c(c5)OCO6)CC4)CC3)cc2)nc1)c1ccc(C(F)(F)F)cc1. The van der Waals surface area contributed by atoms with Crippen LogP contribution in [0.3, 0.4) is 0 Å². The number of pyridine rings is 1. The van der Waals surface area contributed by atoms with Gasteiger partial charge in [-0.2, -0.15) is 13.2 Å². The standard InChI is InChI=1S/C38H38F3N5O5/c39-38(40,41)29-4-2-28(3-5-29)37(48)43-30-6-12-35(42-23-30)51-32-9-7-31(8-10-32)45-15-13-26(14-16-45)22-36(47)46-19-17-44(18-20-46)24-27-1-11-33-34(21-27)50-25-49-33/h1-12,21,23,26H,13-20,22,24-25H2,(H,43,48). The fourth-order valence-corrected chi connectivity index (χ4v) is 6.60. The van der Waals surface area contributed by atoms with E-state index < -0.39 is 17.6 Å². The van der Waals surface area contributed by atoms with E-state index in [0.717, 1.165) is 100 Å². The van der Waals surface area contributed by atoms with Gasteiger partial charge in [-0.25, -0.2) is 4.98 Å². The van der Waals surface area contributed by atoms with Crippen molar-refractivity contribution in [1.29, 1.82) is 0 Å². The summed E-state index contributed by atoms with van der Waals surface area (Å²) in [5.74, 6) is 2.59. The molecule has 51 heavy (non-hydrogen) atoms. The molecule has 1 N–H and O–H groups in total. The second kappa shape index (κ2) is 14.9. The minimum absolute atomic E-state index is 0.0983. The van der Waals surface area contributed by atoms with Gasteiger partial charge in [-0.05, 0) is 91.1 Å². The van der Waals surface area contributed by atoms with Crippen molar-refractivity contribution in [1.82, 2.24) is 14.8 Å². The Morgan fingerprint density at radius 1 is 0.843 bits per heavy atom. The summed E-state index contributed by atoms with van der Waals surface area (Å²) >= 11 is 0. The summed E-state index contributed by atoms with van der Waals surface area (Å²) in [4.78, 5) is 36.6. The summed E-state index contributed by atoms with van der Waals surface area (Å²) in [5.41, 5.74) is 1.93. The highest BCUT2D eigenvalue weighted by Gasteiger charge is 2.30. The molecule has 0 spiro atoms. The van der Waals surface area contributed by atoms with Gasteiger partial charge in [-0.3, -0.25) is 14.5 Å². The third kappa shape index (κ3) is 8.54. The van der Waals surface area contributed by atoms with Gasteiger partial charge in [0.15, 0.2) is 11.5 Å². The van der Waals surface area contributed by atoms with Crippen molar-refractivity contribution in [2.45, 2.75) is 32.0 Å². The Hall–Kier alpha value is -5.30. The van der Waals surface area contributed by atoms with E-state index in [4.69, 9.17) is 14.2 Å². The van der Waals surface area contributed by atoms with E-state index in [1.165, 1.54) is 11.8 Å². The first-order valence-corrected chi connectivity index (χ1v) is 17.0. The number of hydrogen-bond donors (Lipinski definition) is 1. The normalized spacial score (nSPS) is 16.6. The first-order chi connectivity index (χ1) is 24.7. The van der Waals surface area contributed by atoms with Gasteiger partial charge in [0.25, 0.3) is 5.91 Å². The Morgan fingerprint density at radius 3 is 2.25 bits per heavy atom. The van der Waals surface area contributed by atoms with Crippen molar-refractivity contribution >= 4 is 23.2 Å². The molecule has 2 amide bonds. The highest BCUT2D eigenvalue weighted by molar-refractivity contribution is 6.04. The molecule has 0 unspecified atom stereocenters. The molecule has 3 aliphatic heterocycles. The van der Waals surface area contributed by atoms with E-state index in [1.807, 2.05) is 41.3 Å². The number of alkyl halides is 3. The monoisotopic (exact) mass is 701 g/mol. The number of aromatic nitrogens is 1. The molecule has 0 bridgehead atoms. The average molecular weight is 702 g/mol. The maximum atomic E-state index is 13.2. The van der Waals surface area contributed by atoms with E-state index in [1.54, 1.807) is 12.1 Å². The Balaban J connectivity index is 0.819. The largest absolute Gasteiger partial charge is 0.454 e. The zero-order chi connectivity index (χ0) is 35.4. The summed E-state index contributed by atoms with van der Waals surface area (Å²) in [6, 6.07) is 21.0. The van der Waals surface area contributed by atoms with Gasteiger partial charge in [0, 0.05) is 69.6 Å². The molecular formula is C38H38F3N5O5. The third-order valence-corrected chi connectivity index (χ3v) is 9.54. The Morgan fingerprint density at radius 2 is 1.57 bits per heavy atom. The molecule has 3 aromatic carbocycles. The van der Waals surface area contributed by atoms with E-state index in [0.29, 0.717) is 29.7 Å². The third-order valence-electron chi connectivity index (χ3n) is 9.54. The van der Waals surface area contributed by atoms with Crippen molar-refractivity contribution in [2.24, 2.45) is 5.92 Å². The van der Waals surface area contributed by atoms with Crippen LogP contribution in [0, 0.1) is 5.92 Å². The predicted molar refractivity (Wildman–Crippen MR) is 184 cm³/mol. The van der Waals surface area contributed by atoms with Crippen LogP contribution in [0.1, 0.15) is 40.7 Å². The van der Waals surface area contributed by atoms with Gasteiger partial charge in [0.1, 0.15) is 5.75 Å². The topological polar surface area (TPSA) is 96.5 Å². The van der Waals surface area contributed by atoms with Crippen LogP contribution >= 0.6 is 0 Å². The van der Waals surface area contributed by atoms with Gasteiger partial charge in [-0.15, -0.1) is 0 Å². The molecular weight excluding hydrogens is 663 g/mol. The number of hydrogen-bond acceptors (Lipinski definition) is 8. The van der Waals surface area contributed by atoms with Crippen LogP contribution in [-0.2, 0) is 17.5 Å². The van der Waals surface area contributed by atoms with Crippen LogP contribution in [0.15, 0.2) is 85.1 Å². The number of piperidine rings is 1. The Kier molecular flexibility index (Phi) is 9.98. The molecule has 3 aliphatic rings. The van der Waals surface area contributed by atoms with Crippen LogP contribution < -0.4 is 24.4 Å². The highest BCUT2D eigenvalue weighted by atomic mass is 19.4. The van der Waals surface area contributed by atoms with Crippen LogP contribution in [0.5, 0.6) is 23.1 Å². The number of anilines is 2. The zero-order valence-corrected chi connectivity index (χ0v) is 27.9. The first kappa shape index (κ1) is 34.2. The molecule has 0 aliphatic carbocycles. The van der Waals surface area contributed by atoms with Crippen LogP contribution in [-0.4, -0.2) is 72.7 Å². The quantitative estimate of drug-likeness (QED) is 0.203. The summed E-state index contributed by atoms with van der Waals surface area (Å²) in [7, 11) is 0. The molecule has 0 atom stereocenters. The van der Waals surface area contributed by atoms with Crippen molar-refractivity contribution in [2.75, 3.05) is 56.3 Å². The van der Waals surface area contributed by atoms with E-state index in [2.05, 4.69) is 26.2 Å². The second-order valence-electron chi connectivity index (χ2n) is 13.0. The minimum atomic E-state index is -4.47. The number of fused-ring (bicyclic) bond motifs is 1. The smallest absolute Gasteiger partial charge is 0.416 e. The van der Waals surface area contributed by atoms with Crippen LogP contribution in [0.4, 0.5) is 24.5 Å². The number of rotatable bonds is 9. The fourth-order valence-electron chi connectivity index (χ4n) is 6.60. The van der Waals surface area contributed by atoms with Crippen molar-refractivity contribution in [3.63, 3.8) is 0 Å². The van der Waals surface area contributed by atoms with Crippen molar-refractivity contribution in [3.05, 3.63) is 102 Å². The molecule has 2 saturated heterocycles. The van der Waals surface area contributed by atoms with E-state index >= 15 is 0 Å². The molecule has 10 nitrogen and oxygen atoms in total. The highest BCUT2D eigenvalue weighted by Crippen LogP contribution is 2.33. The van der Waals surface area contributed by atoms with Gasteiger partial charge < -0.3 is 29.3 Å². The lowest BCUT2D eigenvalue weighted by Gasteiger charge is -2.37. The van der Waals surface area contributed by atoms with Gasteiger partial charge in [0.2, 0.25) is 18.6 Å². The second-order valence-corrected chi connectivity index (χ2v) is 13.0. The number of ether oxygens (including phenoxy) is 3. The number of benzene rings is 3. The summed E-state index contributed by atoms with van der Waals surface area (Å²) in [5, 5.41) is 2.62. The Labute approximate surface area is 293 Å². The van der Waals surface area contributed by atoms with Crippen LogP contribution in [0.25, 0.3) is 0 Å². The van der Waals surface area contributed by atoms with Crippen molar-refractivity contribution in [3.8, 4) is 23.1 Å². The van der Waals surface area contributed by atoms with E-state index in [9.17, 15) is 22.8 Å². The minimum Gasteiger partial charge on any atom is -0.454 e. The lowest BCUT2D eigenvalue weighted by molar-refractivity contribution is -0.137. The number of carbonyl (C=O) groups is 2. The Bertz CT molecular complexity index is 1820. The predicted octanol–water partition coefficient (Wildman–Crippen LogP) is 6.82. The number of amides is 2. The van der Waals surface area contributed by atoms with E-state index in [-0.39, 0.29) is 18.3 Å². The van der Waals surface area contributed by atoms with Gasteiger partial charge in [0.05, 0.1) is 17.4 Å². The molecule has 266 valence electrons. The molecule has 4 heterocycles. The average Bonchev–Trinajstić information content (AvgIpc) is 3.61. The number of nitrogens with one attached hydrogen (secondary N) is 1. The van der Waals surface area contributed by atoms with Gasteiger partial charge >= 0.3 is 6.18 Å². The molecule has 13 heteroatoms. The van der Waals surface area contributed by atoms with Gasteiger partial charge in [-0.1, -0.05) is 6.07 Å². The van der Waals surface area contributed by atoms with Crippen LogP contribution in [0.2, 0.25) is 0 Å². The lowest BCUT2D eigenvalue weighted by atomic mass is 9.92. The molecule has 4 aromatic rings. The fraction of sp³-hybridized carbons (Fsp3) is 0.342. The number of carbonyl (C=O) groups excluding carboxylic acids is 2. The maximum Gasteiger partial charge on any atom is 0.416 e. The summed E-state index contributed by atoms with van der Waals surface area (Å²) in [6.45, 7) is 6.06. The van der Waals surface area contributed by atoms with Crippen molar-refractivity contribution < 1.29 is 37.0 Å². The molecule has 2 fully saturated rings.